The monoisotopic (exact) mass is 292 g/mol. The van der Waals surface area contributed by atoms with Gasteiger partial charge in [-0.15, -0.1) is 0 Å². The number of carboxylic acids is 1. The van der Waals surface area contributed by atoms with Gasteiger partial charge in [0.1, 0.15) is 0 Å². The zero-order chi connectivity index (χ0) is 15.6. The number of nitrogens with zero attached hydrogens (tertiary/aromatic N) is 2. The molecule has 1 aromatic rings. The van der Waals surface area contributed by atoms with Crippen molar-refractivity contribution in [1.29, 1.82) is 0 Å². The molecule has 0 amide bonds. The van der Waals surface area contributed by atoms with Crippen molar-refractivity contribution < 1.29 is 14.8 Å². The predicted octanol–water partition coefficient (Wildman–Crippen LogP) is 2.59. The van der Waals surface area contributed by atoms with E-state index < -0.39 is 11.4 Å². The Morgan fingerprint density at radius 2 is 2.24 bits per heavy atom. The molecule has 114 valence electrons. The lowest BCUT2D eigenvalue weighted by Gasteiger charge is -2.23. The van der Waals surface area contributed by atoms with Crippen LogP contribution in [0.4, 0.5) is 5.69 Å². The van der Waals surface area contributed by atoms with Gasteiger partial charge in [-0.3, -0.25) is 19.8 Å². The summed E-state index contributed by atoms with van der Waals surface area (Å²) in [6.45, 7) is 5.41. The lowest BCUT2D eigenvalue weighted by Crippen LogP contribution is -2.34. The fourth-order valence-electron chi connectivity index (χ4n) is 2.99. The molecule has 0 spiro atoms. The average Bonchev–Trinajstić information content (AvgIpc) is 2.85. The van der Waals surface area contributed by atoms with Crippen molar-refractivity contribution >= 4 is 11.7 Å². The molecule has 0 aromatic heterocycles. The lowest BCUT2D eigenvalue weighted by molar-refractivity contribution is -0.385. The molecule has 6 nitrogen and oxygen atoms in total. The number of rotatable bonds is 5. The lowest BCUT2D eigenvalue weighted by atomic mass is 9.84. The summed E-state index contributed by atoms with van der Waals surface area (Å²) in [6, 6.07) is 5.05. The van der Waals surface area contributed by atoms with E-state index in [-0.39, 0.29) is 10.6 Å². The standard InChI is InChI=1S/C15H20N2O4/c1-3-15(14(18)19)7-8-16(10-15)9-12-5-4-6-13(11(12)2)17(20)21/h4-6H,3,7-10H2,1-2H3,(H,18,19). The van der Waals surface area contributed by atoms with Gasteiger partial charge >= 0.3 is 5.97 Å². The third-order valence-corrected chi connectivity index (χ3v) is 4.57. The Balaban J connectivity index is 2.16. The molecule has 21 heavy (non-hydrogen) atoms. The van der Waals surface area contributed by atoms with Crippen LogP contribution in [0.2, 0.25) is 0 Å². The van der Waals surface area contributed by atoms with Crippen molar-refractivity contribution in [3.63, 3.8) is 0 Å². The summed E-state index contributed by atoms with van der Waals surface area (Å²) in [6.07, 6.45) is 1.24. The highest BCUT2D eigenvalue weighted by Gasteiger charge is 2.43. The molecule has 2 rings (SSSR count). The zero-order valence-corrected chi connectivity index (χ0v) is 12.3. The highest BCUT2D eigenvalue weighted by molar-refractivity contribution is 5.75. The van der Waals surface area contributed by atoms with Gasteiger partial charge in [0, 0.05) is 24.7 Å². The van der Waals surface area contributed by atoms with Gasteiger partial charge in [-0.1, -0.05) is 19.1 Å². The van der Waals surface area contributed by atoms with Gasteiger partial charge in [-0.2, -0.15) is 0 Å². The first-order chi connectivity index (χ1) is 9.89. The highest BCUT2D eigenvalue weighted by Crippen LogP contribution is 2.35. The fourth-order valence-corrected chi connectivity index (χ4v) is 2.99. The number of aliphatic carboxylic acids is 1. The molecule has 1 N–H and O–H groups in total. The van der Waals surface area contributed by atoms with Crippen LogP contribution in [0.25, 0.3) is 0 Å². The minimum Gasteiger partial charge on any atom is -0.481 e. The second kappa shape index (κ2) is 5.81. The Labute approximate surface area is 123 Å². The molecule has 1 atom stereocenters. The first kappa shape index (κ1) is 15.4. The first-order valence-corrected chi connectivity index (χ1v) is 7.08. The van der Waals surface area contributed by atoms with Crippen molar-refractivity contribution in [3.8, 4) is 0 Å². The Morgan fingerprint density at radius 3 is 2.76 bits per heavy atom. The van der Waals surface area contributed by atoms with Gasteiger partial charge in [-0.25, -0.2) is 0 Å². The van der Waals surface area contributed by atoms with E-state index in [4.69, 9.17) is 0 Å². The summed E-state index contributed by atoms with van der Waals surface area (Å²) in [5, 5.41) is 20.4. The zero-order valence-electron chi connectivity index (χ0n) is 12.3. The Kier molecular flexibility index (Phi) is 4.27. The number of likely N-dealkylation sites (tertiary alicyclic amines) is 1. The largest absolute Gasteiger partial charge is 0.481 e. The number of benzene rings is 1. The van der Waals surface area contributed by atoms with Crippen molar-refractivity contribution in [3.05, 3.63) is 39.4 Å². The molecule has 1 saturated heterocycles. The number of carboxylic acid groups (broad SMARTS) is 1. The third kappa shape index (κ3) is 2.90. The van der Waals surface area contributed by atoms with E-state index in [0.717, 1.165) is 5.56 Å². The summed E-state index contributed by atoms with van der Waals surface area (Å²) >= 11 is 0. The molecule has 1 heterocycles. The van der Waals surface area contributed by atoms with E-state index in [1.807, 2.05) is 13.0 Å². The molecule has 1 aromatic carbocycles. The van der Waals surface area contributed by atoms with E-state index in [2.05, 4.69) is 4.90 Å². The van der Waals surface area contributed by atoms with Crippen molar-refractivity contribution in [1.82, 2.24) is 4.90 Å². The van der Waals surface area contributed by atoms with Gasteiger partial charge in [-0.05, 0) is 31.9 Å². The van der Waals surface area contributed by atoms with E-state index in [1.165, 1.54) is 6.07 Å². The Bertz CT molecular complexity index is 573. The van der Waals surface area contributed by atoms with Crippen molar-refractivity contribution in [2.75, 3.05) is 13.1 Å². The molecule has 1 unspecified atom stereocenters. The number of nitro groups is 1. The molecule has 1 aliphatic rings. The fraction of sp³-hybridized carbons (Fsp3) is 0.533. The highest BCUT2D eigenvalue weighted by atomic mass is 16.6. The second-order valence-corrected chi connectivity index (χ2v) is 5.72. The SMILES string of the molecule is CCC1(C(=O)O)CCN(Cc2cccc([N+](=O)[O-])c2C)C1. The van der Waals surface area contributed by atoms with Crippen LogP contribution >= 0.6 is 0 Å². The number of carbonyl (C=O) groups is 1. The molecule has 0 bridgehead atoms. The van der Waals surface area contributed by atoms with Crippen LogP contribution in [-0.4, -0.2) is 34.0 Å². The third-order valence-electron chi connectivity index (χ3n) is 4.57. The van der Waals surface area contributed by atoms with Crippen LogP contribution in [-0.2, 0) is 11.3 Å². The number of hydrogen-bond donors (Lipinski definition) is 1. The predicted molar refractivity (Wildman–Crippen MR) is 78.1 cm³/mol. The Hall–Kier alpha value is -1.95. The number of hydrogen-bond acceptors (Lipinski definition) is 4. The maximum Gasteiger partial charge on any atom is 0.310 e. The quantitative estimate of drug-likeness (QED) is 0.666. The molecular formula is C15H20N2O4. The Morgan fingerprint density at radius 1 is 1.52 bits per heavy atom. The van der Waals surface area contributed by atoms with Crippen LogP contribution in [0.1, 0.15) is 30.9 Å². The normalized spacial score (nSPS) is 22.4. The maximum atomic E-state index is 11.4. The summed E-state index contributed by atoms with van der Waals surface area (Å²) in [5.41, 5.74) is 0.995. The first-order valence-electron chi connectivity index (χ1n) is 7.08. The van der Waals surface area contributed by atoms with Gasteiger partial charge in [0.2, 0.25) is 0 Å². The molecular weight excluding hydrogens is 272 g/mol. The van der Waals surface area contributed by atoms with Crippen LogP contribution in [0.3, 0.4) is 0 Å². The van der Waals surface area contributed by atoms with Crippen molar-refractivity contribution in [2.24, 2.45) is 5.41 Å². The topological polar surface area (TPSA) is 83.7 Å². The molecule has 1 aliphatic heterocycles. The van der Waals surface area contributed by atoms with E-state index in [0.29, 0.717) is 38.0 Å². The minimum atomic E-state index is -0.747. The molecule has 0 aliphatic carbocycles. The summed E-state index contributed by atoms with van der Waals surface area (Å²) in [4.78, 5) is 24.1. The maximum absolute atomic E-state index is 11.4. The van der Waals surface area contributed by atoms with E-state index >= 15 is 0 Å². The van der Waals surface area contributed by atoms with E-state index in [9.17, 15) is 20.0 Å². The van der Waals surface area contributed by atoms with Gasteiger partial charge in [0.25, 0.3) is 5.69 Å². The summed E-state index contributed by atoms with van der Waals surface area (Å²) in [7, 11) is 0. The average molecular weight is 292 g/mol. The van der Waals surface area contributed by atoms with Crippen LogP contribution in [0, 0.1) is 22.5 Å². The van der Waals surface area contributed by atoms with Crippen LogP contribution < -0.4 is 0 Å². The number of nitro benzene ring substituents is 1. The summed E-state index contributed by atoms with van der Waals surface area (Å²) < 4.78 is 0. The van der Waals surface area contributed by atoms with Gasteiger partial charge in [0.15, 0.2) is 0 Å². The molecule has 6 heteroatoms. The van der Waals surface area contributed by atoms with Crippen LogP contribution in [0.5, 0.6) is 0 Å². The van der Waals surface area contributed by atoms with Crippen LogP contribution in [0.15, 0.2) is 18.2 Å². The van der Waals surface area contributed by atoms with Crippen molar-refractivity contribution in [2.45, 2.75) is 33.2 Å². The van der Waals surface area contributed by atoms with Gasteiger partial charge in [0.05, 0.1) is 10.3 Å². The molecule has 1 fully saturated rings. The second-order valence-electron chi connectivity index (χ2n) is 5.72. The summed E-state index contributed by atoms with van der Waals surface area (Å²) in [5.74, 6) is -0.747. The van der Waals surface area contributed by atoms with Gasteiger partial charge < -0.3 is 5.11 Å². The molecule has 0 radical (unpaired) electrons. The minimum absolute atomic E-state index is 0.117. The smallest absolute Gasteiger partial charge is 0.310 e. The van der Waals surface area contributed by atoms with E-state index in [1.54, 1.807) is 13.0 Å². The molecule has 0 saturated carbocycles.